The third-order valence-corrected chi connectivity index (χ3v) is 2.03. The lowest BCUT2D eigenvalue weighted by atomic mass is 10.0. The van der Waals surface area contributed by atoms with Gasteiger partial charge in [-0.1, -0.05) is 44.9 Å². The van der Waals surface area contributed by atoms with Crippen LogP contribution in [-0.4, -0.2) is 12.6 Å². The van der Waals surface area contributed by atoms with E-state index in [0.29, 0.717) is 6.61 Å². The number of rotatable bonds is 7. The molecule has 0 aromatic carbocycles. The molecule has 0 radical (unpaired) electrons. The second-order valence-corrected chi connectivity index (χ2v) is 3.30. The highest BCUT2D eigenvalue weighted by Crippen LogP contribution is 2.11. The van der Waals surface area contributed by atoms with Gasteiger partial charge in [0.15, 0.2) is 0 Å². The van der Waals surface area contributed by atoms with Crippen molar-refractivity contribution in [2.75, 3.05) is 6.61 Å². The number of esters is 1. The molecule has 0 heterocycles. The standard InChI is InChI=1S/C11H21O2/c1-4-6-7-8-9-10(3)11(12)13-5-2/h10H,3-9H2,1-2H3/q-1. The Bertz CT molecular complexity index is 132. The van der Waals surface area contributed by atoms with E-state index in [-0.39, 0.29) is 11.9 Å². The van der Waals surface area contributed by atoms with Crippen LogP contribution in [-0.2, 0) is 9.53 Å². The molecule has 2 heteroatoms. The SMILES string of the molecule is [CH2-]C(CCCCCC)C(=O)OCC. The van der Waals surface area contributed by atoms with Crippen molar-refractivity contribution in [1.29, 1.82) is 0 Å². The van der Waals surface area contributed by atoms with Crippen molar-refractivity contribution in [1.82, 2.24) is 0 Å². The highest BCUT2D eigenvalue weighted by atomic mass is 16.5. The third-order valence-electron chi connectivity index (χ3n) is 2.03. The van der Waals surface area contributed by atoms with Gasteiger partial charge in [-0.25, -0.2) is 0 Å². The van der Waals surface area contributed by atoms with E-state index in [0.717, 1.165) is 12.8 Å². The first-order chi connectivity index (χ1) is 6.22. The Balaban J connectivity index is 3.38. The van der Waals surface area contributed by atoms with Crippen molar-refractivity contribution in [2.45, 2.75) is 46.0 Å². The van der Waals surface area contributed by atoms with Gasteiger partial charge in [-0.3, -0.25) is 4.79 Å². The molecule has 0 aromatic heterocycles. The molecule has 1 unspecified atom stereocenters. The molecule has 0 aliphatic rings. The third kappa shape index (κ3) is 6.62. The lowest BCUT2D eigenvalue weighted by Crippen LogP contribution is -2.14. The van der Waals surface area contributed by atoms with Gasteiger partial charge in [0.25, 0.3) is 5.97 Å². The Morgan fingerprint density at radius 3 is 2.54 bits per heavy atom. The molecule has 1 atom stereocenters. The molecule has 0 amide bonds. The first kappa shape index (κ1) is 12.5. The number of unbranched alkanes of at least 4 members (excludes halogenated alkanes) is 3. The Morgan fingerprint density at radius 1 is 1.31 bits per heavy atom. The monoisotopic (exact) mass is 185 g/mol. The second-order valence-electron chi connectivity index (χ2n) is 3.30. The molecular weight excluding hydrogens is 164 g/mol. The molecule has 0 bridgehead atoms. The van der Waals surface area contributed by atoms with Crippen LogP contribution in [0.4, 0.5) is 0 Å². The van der Waals surface area contributed by atoms with Crippen molar-refractivity contribution in [3.63, 3.8) is 0 Å². The van der Waals surface area contributed by atoms with E-state index in [9.17, 15) is 4.79 Å². The predicted octanol–water partition coefficient (Wildman–Crippen LogP) is 2.97. The summed E-state index contributed by atoms with van der Waals surface area (Å²) in [5.74, 6) is -0.323. The summed E-state index contributed by atoms with van der Waals surface area (Å²) in [5.41, 5.74) is 0. The second kappa shape index (κ2) is 8.09. The Labute approximate surface area is 81.7 Å². The zero-order valence-corrected chi connectivity index (χ0v) is 8.84. The number of carbonyl (C=O) groups excluding carboxylic acids is 1. The lowest BCUT2D eigenvalue weighted by molar-refractivity contribution is -0.146. The zero-order chi connectivity index (χ0) is 10.1. The van der Waals surface area contributed by atoms with Crippen LogP contribution in [0.15, 0.2) is 0 Å². The molecule has 0 rings (SSSR count). The molecule has 0 N–H and O–H groups in total. The van der Waals surface area contributed by atoms with E-state index in [1.54, 1.807) is 0 Å². The Morgan fingerprint density at radius 2 is 2.00 bits per heavy atom. The molecule has 13 heavy (non-hydrogen) atoms. The number of ether oxygens (including phenoxy) is 1. The molecular formula is C11H21O2-. The topological polar surface area (TPSA) is 26.3 Å². The summed E-state index contributed by atoms with van der Waals surface area (Å²) in [7, 11) is 0. The minimum atomic E-state index is -0.170. The van der Waals surface area contributed by atoms with Gasteiger partial charge in [0.2, 0.25) is 0 Å². The Kier molecular flexibility index (Phi) is 7.76. The van der Waals surface area contributed by atoms with Gasteiger partial charge in [-0.05, 0) is 6.92 Å². The molecule has 0 spiro atoms. The van der Waals surface area contributed by atoms with Gasteiger partial charge >= 0.3 is 0 Å². The maximum Gasteiger partial charge on any atom is 0.278 e. The van der Waals surface area contributed by atoms with E-state index < -0.39 is 0 Å². The van der Waals surface area contributed by atoms with Gasteiger partial charge in [-0.15, -0.1) is 0 Å². The van der Waals surface area contributed by atoms with Crippen LogP contribution >= 0.6 is 0 Å². The maximum atomic E-state index is 11.1. The van der Waals surface area contributed by atoms with Crippen LogP contribution in [0.2, 0.25) is 0 Å². The predicted molar refractivity (Wildman–Crippen MR) is 54.2 cm³/mol. The number of hydrogen-bond donors (Lipinski definition) is 0. The van der Waals surface area contributed by atoms with Crippen LogP contribution in [0.1, 0.15) is 46.0 Å². The van der Waals surface area contributed by atoms with Gasteiger partial charge in [0.1, 0.15) is 0 Å². The van der Waals surface area contributed by atoms with Crippen LogP contribution in [0.5, 0.6) is 0 Å². The summed E-state index contributed by atoms with van der Waals surface area (Å²) in [4.78, 5) is 11.1. The smallest absolute Gasteiger partial charge is 0.278 e. The summed E-state index contributed by atoms with van der Waals surface area (Å²) in [6.07, 6.45) is 5.61. The van der Waals surface area contributed by atoms with Crippen LogP contribution in [0, 0.1) is 12.8 Å². The summed E-state index contributed by atoms with van der Waals surface area (Å²) < 4.78 is 4.86. The van der Waals surface area contributed by atoms with E-state index in [2.05, 4.69) is 13.8 Å². The zero-order valence-electron chi connectivity index (χ0n) is 8.84. The van der Waals surface area contributed by atoms with Crippen molar-refractivity contribution < 1.29 is 9.53 Å². The quantitative estimate of drug-likeness (QED) is 0.346. The summed E-state index contributed by atoms with van der Waals surface area (Å²) in [5, 5.41) is 0. The summed E-state index contributed by atoms with van der Waals surface area (Å²) >= 11 is 0. The highest BCUT2D eigenvalue weighted by molar-refractivity contribution is 5.72. The molecule has 0 aliphatic carbocycles. The van der Waals surface area contributed by atoms with Gasteiger partial charge < -0.3 is 11.7 Å². The lowest BCUT2D eigenvalue weighted by Gasteiger charge is -2.15. The molecule has 0 saturated heterocycles. The van der Waals surface area contributed by atoms with E-state index in [4.69, 9.17) is 4.74 Å². The first-order valence-electron chi connectivity index (χ1n) is 5.22. The van der Waals surface area contributed by atoms with Crippen LogP contribution < -0.4 is 0 Å². The molecule has 0 fully saturated rings. The summed E-state index contributed by atoms with van der Waals surface area (Å²) in [6.45, 7) is 8.23. The van der Waals surface area contributed by atoms with Gasteiger partial charge in [-0.2, -0.15) is 0 Å². The number of hydrogen-bond acceptors (Lipinski definition) is 2. The van der Waals surface area contributed by atoms with Crippen LogP contribution in [0.3, 0.4) is 0 Å². The van der Waals surface area contributed by atoms with Crippen LogP contribution in [0.25, 0.3) is 0 Å². The largest absolute Gasteiger partial charge is 0.468 e. The fraction of sp³-hybridized carbons (Fsp3) is 0.818. The summed E-state index contributed by atoms with van der Waals surface area (Å²) in [6, 6.07) is 0. The van der Waals surface area contributed by atoms with Gasteiger partial charge in [0, 0.05) is 0 Å². The van der Waals surface area contributed by atoms with E-state index in [1.807, 2.05) is 6.92 Å². The minimum absolute atomic E-state index is 0.154. The van der Waals surface area contributed by atoms with E-state index >= 15 is 0 Å². The molecule has 0 aliphatic heterocycles. The fourth-order valence-corrected chi connectivity index (χ4v) is 1.20. The van der Waals surface area contributed by atoms with Gasteiger partial charge in [0.05, 0.1) is 6.61 Å². The molecule has 0 saturated carbocycles. The van der Waals surface area contributed by atoms with E-state index in [1.165, 1.54) is 19.3 Å². The highest BCUT2D eigenvalue weighted by Gasteiger charge is 2.06. The molecule has 2 nitrogen and oxygen atoms in total. The Hall–Kier alpha value is -0.530. The van der Waals surface area contributed by atoms with Crippen molar-refractivity contribution in [3.05, 3.63) is 6.92 Å². The number of carbonyl (C=O) groups is 1. The molecule has 0 aromatic rings. The molecule has 78 valence electrons. The fourth-order valence-electron chi connectivity index (χ4n) is 1.20. The average molecular weight is 185 g/mol. The van der Waals surface area contributed by atoms with Crippen molar-refractivity contribution >= 4 is 5.97 Å². The normalized spacial score (nSPS) is 12.5. The van der Waals surface area contributed by atoms with Crippen molar-refractivity contribution in [3.8, 4) is 0 Å². The average Bonchev–Trinajstić information content (AvgIpc) is 2.12. The first-order valence-corrected chi connectivity index (χ1v) is 5.22. The van der Waals surface area contributed by atoms with Crippen molar-refractivity contribution in [2.24, 2.45) is 5.92 Å². The minimum Gasteiger partial charge on any atom is -0.468 e. The maximum absolute atomic E-state index is 11.1.